The molecule has 5 heteroatoms. The summed E-state index contributed by atoms with van der Waals surface area (Å²) in [5, 5.41) is 10.4. The van der Waals surface area contributed by atoms with Gasteiger partial charge in [0.2, 0.25) is 0 Å². The first kappa shape index (κ1) is 25.5. The number of halogens is 1. The van der Waals surface area contributed by atoms with Crippen molar-refractivity contribution in [2.45, 2.75) is 46.2 Å². The minimum absolute atomic E-state index is 0.00131. The average molecular weight is 462 g/mol. The molecule has 0 radical (unpaired) electrons. The van der Waals surface area contributed by atoms with E-state index in [9.17, 15) is 9.50 Å². The van der Waals surface area contributed by atoms with Crippen LogP contribution in [0.5, 0.6) is 0 Å². The van der Waals surface area contributed by atoms with E-state index in [-0.39, 0.29) is 12.3 Å². The lowest BCUT2D eigenvalue weighted by atomic mass is 9.93. The monoisotopic (exact) mass is 461 g/mol. The summed E-state index contributed by atoms with van der Waals surface area (Å²) in [6.07, 6.45) is -1.65. The summed E-state index contributed by atoms with van der Waals surface area (Å²) < 4.78 is 26.3. The van der Waals surface area contributed by atoms with Crippen LogP contribution in [0.1, 0.15) is 49.1 Å². The maximum absolute atomic E-state index is 14.4. The van der Waals surface area contributed by atoms with Gasteiger partial charge < -0.3 is 20.3 Å². The maximum atomic E-state index is 14.4. The number of benzene rings is 3. The Morgan fingerprint density at radius 2 is 1.56 bits per heavy atom. The SMILES string of the molecule is CC(O)C(OCc1ccccc1)c1cc(F)c(N)cc1C#CC(C)(C)COCc1ccccc1. The molecule has 3 N–H and O–H groups in total. The highest BCUT2D eigenvalue weighted by Gasteiger charge is 2.23. The second-order valence-electron chi connectivity index (χ2n) is 9.03. The Bertz CT molecular complexity index is 1120. The van der Waals surface area contributed by atoms with Gasteiger partial charge >= 0.3 is 0 Å². The van der Waals surface area contributed by atoms with E-state index in [1.54, 1.807) is 6.92 Å². The number of nitrogens with two attached hydrogens (primary N) is 1. The molecule has 0 aliphatic carbocycles. The van der Waals surface area contributed by atoms with Gasteiger partial charge in [0, 0.05) is 16.5 Å². The van der Waals surface area contributed by atoms with Gasteiger partial charge in [-0.1, -0.05) is 72.5 Å². The van der Waals surface area contributed by atoms with Gasteiger partial charge in [0.15, 0.2) is 0 Å². The van der Waals surface area contributed by atoms with Crippen LogP contribution < -0.4 is 5.73 Å². The zero-order chi connectivity index (χ0) is 24.6. The molecule has 2 atom stereocenters. The Labute approximate surface area is 201 Å². The van der Waals surface area contributed by atoms with Gasteiger partial charge in [-0.3, -0.25) is 0 Å². The van der Waals surface area contributed by atoms with Crippen molar-refractivity contribution in [2.24, 2.45) is 5.41 Å². The van der Waals surface area contributed by atoms with Crippen molar-refractivity contribution < 1.29 is 19.0 Å². The number of hydrogen-bond donors (Lipinski definition) is 2. The van der Waals surface area contributed by atoms with Gasteiger partial charge in [0.1, 0.15) is 11.9 Å². The molecule has 0 aliphatic rings. The standard InChI is InChI=1S/C29H32FNO3/c1-21(32)28(34-19-23-12-8-5-9-13-23)25-17-26(30)27(31)16-24(25)14-15-29(2,3)20-33-18-22-10-6-4-7-11-22/h4-13,16-17,21,28,32H,18-20,31H2,1-3H3. The molecule has 178 valence electrons. The smallest absolute Gasteiger partial charge is 0.146 e. The van der Waals surface area contributed by atoms with E-state index in [2.05, 4.69) is 11.8 Å². The largest absolute Gasteiger partial charge is 0.396 e. The number of nitrogen functional groups attached to an aromatic ring is 1. The van der Waals surface area contributed by atoms with Gasteiger partial charge in [-0.15, -0.1) is 0 Å². The summed E-state index contributed by atoms with van der Waals surface area (Å²) >= 11 is 0. The van der Waals surface area contributed by atoms with Gasteiger partial charge in [0.25, 0.3) is 0 Å². The number of ether oxygens (including phenoxy) is 2. The normalized spacial score (nSPS) is 13.1. The molecule has 0 aliphatic heterocycles. The summed E-state index contributed by atoms with van der Waals surface area (Å²) in [5.74, 6) is 5.79. The molecule has 0 fully saturated rings. The minimum atomic E-state index is -0.880. The summed E-state index contributed by atoms with van der Waals surface area (Å²) in [5.41, 5.74) is 8.42. The third-order valence-corrected chi connectivity index (χ3v) is 5.30. The fourth-order valence-electron chi connectivity index (χ4n) is 3.47. The van der Waals surface area contributed by atoms with Crippen LogP contribution in [0.2, 0.25) is 0 Å². The lowest BCUT2D eigenvalue weighted by molar-refractivity contribution is -0.0404. The second-order valence-corrected chi connectivity index (χ2v) is 9.03. The molecule has 0 amide bonds. The van der Waals surface area contributed by atoms with Crippen LogP contribution in [0, 0.1) is 23.1 Å². The second kappa shape index (κ2) is 11.8. The first-order valence-electron chi connectivity index (χ1n) is 11.3. The summed E-state index contributed by atoms with van der Waals surface area (Å²) in [6.45, 7) is 6.77. The number of aliphatic hydroxyl groups is 1. The first-order valence-corrected chi connectivity index (χ1v) is 11.3. The van der Waals surface area contributed by atoms with E-state index in [0.717, 1.165) is 11.1 Å². The third kappa shape index (κ3) is 7.43. The highest BCUT2D eigenvalue weighted by atomic mass is 19.1. The average Bonchev–Trinajstić information content (AvgIpc) is 2.81. The van der Waals surface area contributed by atoms with Crippen LogP contribution in [0.4, 0.5) is 10.1 Å². The van der Waals surface area contributed by atoms with Crippen molar-refractivity contribution in [3.63, 3.8) is 0 Å². The van der Waals surface area contributed by atoms with Crippen LogP contribution in [0.15, 0.2) is 72.8 Å². The van der Waals surface area contributed by atoms with Crippen molar-refractivity contribution in [1.29, 1.82) is 0 Å². The predicted molar refractivity (Wildman–Crippen MR) is 133 cm³/mol. The molecule has 3 rings (SSSR count). The Balaban J connectivity index is 1.79. The van der Waals surface area contributed by atoms with Gasteiger partial charge in [-0.2, -0.15) is 0 Å². The van der Waals surface area contributed by atoms with Crippen molar-refractivity contribution in [1.82, 2.24) is 0 Å². The zero-order valence-corrected chi connectivity index (χ0v) is 19.9. The van der Waals surface area contributed by atoms with E-state index in [4.69, 9.17) is 15.2 Å². The summed E-state index contributed by atoms with van der Waals surface area (Å²) in [4.78, 5) is 0. The molecular weight excluding hydrogens is 429 g/mol. The van der Waals surface area contributed by atoms with E-state index in [1.807, 2.05) is 74.5 Å². The predicted octanol–water partition coefficient (Wildman–Crippen LogP) is 5.64. The Morgan fingerprint density at radius 1 is 0.971 bits per heavy atom. The first-order chi connectivity index (χ1) is 16.2. The molecule has 0 spiro atoms. The van der Waals surface area contributed by atoms with E-state index in [1.165, 1.54) is 12.1 Å². The molecule has 0 heterocycles. The topological polar surface area (TPSA) is 64.7 Å². The number of aliphatic hydroxyl groups excluding tert-OH is 1. The van der Waals surface area contributed by atoms with Crippen LogP contribution >= 0.6 is 0 Å². The van der Waals surface area contributed by atoms with E-state index >= 15 is 0 Å². The molecule has 34 heavy (non-hydrogen) atoms. The fourth-order valence-corrected chi connectivity index (χ4v) is 3.47. The third-order valence-electron chi connectivity index (χ3n) is 5.30. The maximum Gasteiger partial charge on any atom is 0.146 e. The summed E-state index contributed by atoms with van der Waals surface area (Å²) in [6, 6.07) is 22.4. The quantitative estimate of drug-likeness (QED) is 0.320. The van der Waals surface area contributed by atoms with Crippen LogP contribution in [-0.2, 0) is 22.7 Å². The van der Waals surface area contributed by atoms with Crippen molar-refractivity contribution in [2.75, 3.05) is 12.3 Å². The molecule has 3 aromatic carbocycles. The molecule has 0 bridgehead atoms. The Hall–Kier alpha value is -3.17. The minimum Gasteiger partial charge on any atom is -0.396 e. The Morgan fingerprint density at radius 3 is 2.15 bits per heavy atom. The molecule has 0 saturated heterocycles. The summed E-state index contributed by atoms with van der Waals surface area (Å²) in [7, 11) is 0. The van der Waals surface area contributed by atoms with E-state index < -0.39 is 23.4 Å². The highest BCUT2D eigenvalue weighted by Crippen LogP contribution is 2.29. The van der Waals surface area contributed by atoms with Crippen molar-refractivity contribution in [3.8, 4) is 11.8 Å². The Kier molecular flexibility index (Phi) is 8.84. The van der Waals surface area contributed by atoms with Gasteiger partial charge in [-0.25, -0.2) is 4.39 Å². The number of rotatable bonds is 9. The van der Waals surface area contributed by atoms with E-state index in [0.29, 0.717) is 24.3 Å². The lowest BCUT2D eigenvalue weighted by Crippen LogP contribution is -2.20. The van der Waals surface area contributed by atoms with Crippen molar-refractivity contribution >= 4 is 5.69 Å². The van der Waals surface area contributed by atoms with Crippen molar-refractivity contribution in [3.05, 3.63) is 101 Å². The molecular formula is C29H32FNO3. The molecule has 2 unspecified atom stereocenters. The van der Waals surface area contributed by atoms with Crippen LogP contribution in [-0.4, -0.2) is 17.8 Å². The highest BCUT2D eigenvalue weighted by molar-refractivity contribution is 5.54. The lowest BCUT2D eigenvalue weighted by Gasteiger charge is -2.23. The van der Waals surface area contributed by atoms with Crippen LogP contribution in [0.3, 0.4) is 0 Å². The van der Waals surface area contributed by atoms with Gasteiger partial charge in [-0.05, 0) is 44.0 Å². The molecule has 0 saturated carbocycles. The van der Waals surface area contributed by atoms with Gasteiger partial charge in [0.05, 0.1) is 31.6 Å². The van der Waals surface area contributed by atoms with Crippen LogP contribution in [0.25, 0.3) is 0 Å². The number of hydrogen-bond acceptors (Lipinski definition) is 4. The zero-order valence-electron chi connectivity index (χ0n) is 19.9. The number of anilines is 1. The molecule has 4 nitrogen and oxygen atoms in total. The molecule has 0 aromatic heterocycles. The fraction of sp³-hybridized carbons (Fsp3) is 0.310. The molecule has 3 aromatic rings.